The summed E-state index contributed by atoms with van der Waals surface area (Å²) in [5.41, 5.74) is -1.01. The van der Waals surface area contributed by atoms with Crippen molar-refractivity contribution in [3.63, 3.8) is 0 Å². The van der Waals surface area contributed by atoms with E-state index in [1.165, 1.54) is 7.05 Å². The van der Waals surface area contributed by atoms with E-state index >= 15 is 0 Å². The molecule has 0 aromatic carbocycles. The number of alkyl halides is 3. The van der Waals surface area contributed by atoms with Crippen LogP contribution in [0, 0.1) is 0 Å². The molecule has 0 aliphatic carbocycles. The average Bonchev–Trinajstić information content (AvgIpc) is 2.45. The fourth-order valence-corrected chi connectivity index (χ4v) is 2.03. The van der Waals surface area contributed by atoms with Crippen molar-refractivity contribution in [1.82, 2.24) is 9.78 Å². The second-order valence-corrected chi connectivity index (χ2v) is 5.29. The van der Waals surface area contributed by atoms with Crippen LogP contribution in [0.5, 0.6) is 0 Å². The molecule has 0 aliphatic heterocycles. The Bertz CT molecular complexity index is 348. The van der Waals surface area contributed by atoms with Gasteiger partial charge in [-0.05, 0) is 13.8 Å². The molecular formula is C8H11F3N2OS. The fourth-order valence-electron chi connectivity index (χ4n) is 1.02. The predicted octanol–water partition coefficient (Wildman–Crippen LogP) is 1.95. The summed E-state index contributed by atoms with van der Waals surface area (Å²) < 4.78 is 49.4. The zero-order valence-corrected chi connectivity index (χ0v) is 9.32. The first kappa shape index (κ1) is 12.4. The van der Waals surface area contributed by atoms with Crippen molar-refractivity contribution in [3.8, 4) is 0 Å². The zero-order valence-electron chi connectivity index (χ0n) is 8.50. The van der Waals surface area contributed by atoms with Gasteiger partial charge in [-0.3, -0.25) is 0 Å². The van der Waals surface area contributed by atoms with E-state index in [9.17, 15) is 17.7 Å². The highest BCUT2D eigenvalue weighted by atomic mass is 32.2. The number of aryl methyl sites for hydroxylation is 1. The zero-order chi connectivity index (χ0) is 11.8. The van der Waals surface area contributed by atoms with Gasteiger partial charge in [-0.15, -0.1) is 0 Å². The van der Waals surface area contributed by atoms with E-state index in [1.807, 2.05) is 0 Å². The molecule has 3 nitrogen and oxygen atoms in total. The molecule has 1 aromatic heterocycles. The van der Waals surface area contributed by atoms with Gasteiger partial charge in [0.1, 0.15) is 5.25 Å². The van der Waals surface area contributed by atoms with Gasteiger partial charge >= 0.3 is 6.18 Å². The minimum absolute atomic E-state index is 0.0947. The van der Waals surface area contributed by atoms with E-state index in [-0.39, 0.29) is 10.3 Å². The SMILES string of the molecule is CC(C)[S+]([O-])c1cc(C(F)(F)F)nn1C. The maximum Gasteiger partial charge on any atom is 0.435 e. The van der Waals surface area contributed by atoms with E-state index in [1.54, 1.807) is 13.8 Å². The Morgan fingerprint density at radius 3 is 2.33 bits per heavy atom. The van der Waals surface area contributed by atoms with Crippen LogP contribution in [0.2, 0.25) is 0 Å². The molecule has 1 atom stereocenters. The lowest BCUT2D eigenvalue weighted by Crippen LogP contribution is -2.17. The molecule has 1 aromatic rings. The molecule has 0 spiro atoms. The van der Waals surface area contributed by atoms with Crippen LogP contribution in [0.15, 0.2) is 11.1 Å². The summed E-state index contributed by atoms with van der Waals surface area (Å²) in [5.74, 6) is 0. The van der Waals surface area contributed by atoms with Gasteiger partial charge in [-0.25, -0.2) is 4.68 Å². The molecule has 0 saturated heterocycles. The number of nitrogens with zero attached hydrogens (tertiary/aromatic N) is 2. The monoisotopic (exact) mass is 240 g/mol. The molecule has 15 heavy (non-hydrogen) atoms. The summed E-state index contributed by atoms with van der Waals surface area (Å²) in [4.78, 5) is 0. The number of hydrogen-bond acceptors (Lipinski definition) is 2. The third-order valence-electron chi connectivity index (χ3n) is 1.76. The van der Waals surface area contributed by atoms with Crippen LogP contribution >= 0.6 is 0 Å². The van der Waals surface area contributed by atoms with Gasteiger partial charge in [0.2, 0.25) is 5.03 Å². The summed E-state index contributed by atoms with van der Waals surface area (Å²) >= 11 is -1.46. The standard InChI is InChI=1S/C8H11F3N2OS/c1-5(2)15(14)7-4-6(8(9,10)11)12-13(7)3/h4-5H,1-3H3. The molecule has 0 N–H and O–H groups in total. The summed E-state index contributed by atoms with van der Waals surface area (Å²) in [7, 11) is 1.35. The Morgan fingerprint density at radius 2 is 2.00 bits per heavy atom. The largest absolute Gasteiger partial charge is 0.610 e. The summed E-state index contributed by atoms with van der Waals surface area (Å²) in [5, 5.41) is 3.14. The van der Waals surface area contributed by atoms with Gasteiger partial charge in [0.25, 0.3) is 0 Å². The summed E-state index contributed by atoms with van der Waals surface area (Å²) in [6.07, 6.45) is -4.49. The van der Waals surface area contributed by atoms with Gasteiger partial charge < -0.3 is 4.55 Å². The van der Waals surface area contributed by atoms with Gasteiger partial charge in [0.05, 0.1) is 0 Å². The molecule has 1 unspecified atom stereocenters. The maximum atomic E-state index is 12.3. The molecule has 7 heteroatoms. The molecule has 1 rings (SSSR count). The summed E-state index contributed by atoms with van der Waals surface area (Å²) in [6.45, 7) is 3.35. The molecule has 1 heterocycles. The van der Waals surface area contributed by atoms with E-state index in [0.29, 0.717) is 0 Å². The first-order chi connectivity index (χ1) is 6.73. The van der Waals surface area contributed by atoms with Crippen LogP contribution in [0.4, 0.5) is 13.2 Å². The minimum Gasteiger partial charge on any atom is -0.610 e. The van der Waals surface area contributed by atoms with E-state index in [4.69, 9.17) is 0 Å². The topological polar surface area (TPSA) is 40.9 Å². The average molecular weight is 240 g/mol. The summed E-state index contributed by atoms with van der Waals surface area (Å²) in [6, 6.07) is 0.829. The van der Waals surface area contributed by atoms with Gasteiger partial charge in [0, 0.05) is 24.3 Å². The number of rotatable bonds is 2. The van der Waals surface area contributed by atoms with Crippen LogP contribution in [-0.4, -0.2) is 19.6 Å². The molecule has 0 fully saturated rings. The highest BCUT2D eigenvalue weighted by molar-refractivity contribution is 7.91. The van der Waals surface area contributed by atoms with Crippen molar-refractivity contribution < 1.29 is 17.7 Å². The molecule has 0 aliphatic rings. The third kappa shape index (κ3) is 2.66. The molecular weight excluding hydrogens is 229 g/mol. The van der Waals surface area contributed by atoms with Crippen molar-refractivity contribution in [1.29, 1.82) is 0 Å². The third-order valence-corrected chi connectivity index (χ3v) is 3.41. The second kappa shape index (κ2) is 4.05. The van der Waals surface area contributed by atoms with Gasteiger partial charge in [-0.2, -0.15) is 18.3 Å². The molecule has 86 valence electrons. The quantitative estimate of drug-likeness (QED) is 0.741. The smallest absolute Gasteiger partial charge is 0.435 e. The van der Waals surface area contributed by atoms with Crippen LogP contribution in [-0.2, 0) is 24.4 Å². The van der Waals surface area contributed by atoms with Crippen molar-refractivity contribution in [2.24, 2.45) is 7.05 Å². The Balaban J connectivity index is 3.07. The van der Waals surface area contributed by atoms with E-state index in [0.717, 1.165) is 10.7 Å². The Labute approximate surface area is 88.5 Å². The fraction of sp³-hybridized carbons (Fsp3) is 0.625. The van der Waals surface area contributed by atoms with Crippen LogP contribution in [0.3, 0.4) is 0 Å². The first-order valence-corrected chi connectivity index (χ1v) is 5.46. The molecule has 0 saturated carbocycles. The highest BCUT2D eigenvalue weighted by Gasteiger charge is 2.36. The lowest BCUT2D eigenvalue weighted by atomic mass is 10.4. The van der Waals surface area contributed by atoms with Gasteiger partial charge in [0.15, 0.2) is 5.69 Å². The van der Waals surface area contributed by atoms with Gasteiger partial charge in [-0.1, -0.05) is 0 Å². The molecule has 0 bridgehead atoms. The van der Waals surface area contributed by atoms with Crippen molar-refractivity contribution in [2.75, 3.05) is 0 Å². The number of hydrogen-bond donors (Lipinski definition) is 0. The van der Waals surface area contributed by atoms with E-state index < -0.39 is 23.0 Å². The first-order valence-electron chi connectivity index (χ1n) is 4.25. The van der Waals surface area contributed by atoms with Crippen LogP contribution < -0.4 is 0 Å². The van der Waals surface area contributed by atoms with E-state index in [2.05, 4.69) is 5.10 Å². The van der Waals surface area contributed by atoms with Crippen molar-refractivity contribution in [2.45, 2.75) is 30.3 Å². The van der Waals surface area contributed by atoms with Crippen LogP contribution in [0.1, 0.15) is 19.5 Å². The normalized spacial score (nSPS) is 14.7. The predicted molar refractivity (Wildman–Crippen MR) is 49.8 cm³/mol. The Kier molecular flexibility index (Phi) is 3.34. The Hall–Kier alpha value is -0.690. The lowest BCUT2D eigenvalue weighted by molar-refractivity contribution is -0.141. The maximum absolute atomic E-state index is 12.3. The van der Waals surface area contributed by atoms with Crippen molar-refractivity contribution >= 4 is 11.2 Å². The van der Waals surface area contributed by atoms with Crippen LogP contribution in [0.25, 0.3) is 0 Å². The Morgan fingerprint density at radius 1 is 1.47 bits per heavy atom. The number of aromatic nitrogens is 2. The van der Waals surface area contributed by atoms with Crippen molar-refractivity contribution in [3.05, 3.63) is 11.8 Å². The molecule has 0 amide bonds. The minimum atomic E-state index is -4.49. The second-order valence-electron chi connectivity index (χ2n) is 3.34. The molecule has 0 radical (unpaired) electrons. The highest BCUT2D eigenvalue weighted by Crippen LogP contribution is 2.30. The number of halogens is 3. The lowest BCUT2D eigenvalue weighted by Gasteiger charge is -2.12.